The molecule has 0 rings (SSSR count). The number of rotatable bonds is 10. The average molecular weight is 236 g/mol. The van der Waals surface area contributed by atoms with Crippen molar-refractivity contribution < 1.29 is 9.53 Å². The monoisotopic (exact) mass is 236 g/mol. The molecule has 17 heavy (non-hydrogen) atoms. The van der Waals surface area contributed by atoms with Gasteiger partial charge in [-0.1, -0.05) is 50.1 Å². The summed E-state index contributed by atoms with van der Waals surface area (Å²) in [4.78, 5) is 10.7. The van der Waals surface area contributed by atoms with Crippen LogP contribution < -0.4 is 0 Å². The van der Waals surface area contributed by atoms with E-state index in [2.05, 4.69) is 18.7 Å². The van der Waals surface area contributed by atoms with Gasteiger partial charge in [0.25, 0.3) is 0 Å². The van der Waals surface area contributed by atoms with Gasteiger partial charge in [0.05, 0.1) is 6.61 Å². The molecule has 0 aliphatic carbocycles. The quantitative estimate of drug-likeness (QED) is 0.246. The third kappa shape index (κ3) is 12.6. The van der Waals surface area contributed by atoms with Gasteiger partial charge in [0.1, 0.15) is 0 Å². The molecule has 2 nitrogen and oxygen atoms in total. The van der Waals surface area contributed by atoms with Gasteiger partial charge in [-0.05, 0) is 26.2 Å². The number of ether oxygens (including phenoxy) is 1. The maximum absolute atomic E-state index is 10.7. The second-order valence-corrected chi connectivity index (χ2v) is 3.88. The summed E-state index contributed by atoms with van der Waals surface area (Å²) in [5, 5.41) is 0. The van der Waals surface area contributed by atoms with Crippen LogP contribution in [0.15, 0.2) is 37.0 Å². The summed E-state index contributed by atoms with van der Waals surface area (Å²) in [6.45, 7) is 5.88. The summed E-state index contributed by atoms with van der Waals surface area (Å²) in [5.41, 5.74) is 0. The van der Waals surface area contributed by atoms with Crippen LogP contribution in [0.2, 0.25) is 0 Å². The van der Waals surface area contributed by atoms with Crippen molar-refractivity contribution in [2.45, 2.75) is 45.4 Å². The van der Waals surface area contributed by atoms with Gasteiger partial charge in [-0.3, -0.25) is 0 Å². The van der Waals surface area contributed by atoms with Gasteiger partial charge in [0, 0.05) is 6.08 Å². The summed E-state index contributed by atoms with van der Waals surface area (Å²) in [6, 6.07) is 0. The molecule has 0 atom stereocenters. The molecule has 0 unspecified atom stereocenters. The van der Waals surface area contributed by atoms with Gasteiger partial charge in [-0.15, -0.1) is 0 Å². The van der Waals surface area contributed by atoms with Crippen molar-refractivity contribution in [2.24, 2.45) is 0 Å². The lowest BCUT2D eigenvalue weighted by Crippen LogP contribution is -2.01. The molecule has 0 radical (unpaired) electrons. The molecule has 0 saturated carbocycles. The van der Waals surface area contributed by atoms with Crippen molar-refractivity contribution in [3.8, 4) is 0 Å². The van der Waals surface area contributed by atoms with Gasteiger partial charge in [-0.25, -0.2) is 4.79 Å². The molecule has 0 heterocycles. The first-order valence-corrected chi connectivity index (χ1v) is 6.38. The predicted molar refractivity (Wildman–Crippen MR) is 72.8 cm³/mol. The minimum absolute atomic E-state index is 0.320. The van der Waals surface area contributed by atoms with Crippen LogP contribution in [0.25, 0.3) is 0 Å². The number of hydrogen-bond donors (Lipinski definition) is 0. The Morgan fingerprint density at radius 2 is 1.82 bits per heavy atom. The summed E-state index contributed by atoms with van der Waals surface area (Å²) in [5.74, 6) is -0.320. The largest absolute Gasteiger partial charge is 0.463 e. The predicted octanol–water partition coefficient (Wildman–Crippen LogP) is 4.19. The zero-order valence-corrected chi connectivity index (χ0v) is 10.9. The van der Waals surface area contributed by atoms with Crippen molar-refractivity contribution >= 4 is 5.97 Å². The number of allylic oxidation sites excluding steroid dienone is 4. The number of carbonyl (C=O) groups excluding carboxylic acids is 1. The lowest BCUT2D eigenvalue weighted by Gasteiger charge is -2.01. The molecule has 96 valence electrons. The van der Waals surface area contributed by atoms with Crippen molar-refractivity contribution in [2.75, 3.05) is 6.61 Å². The smallest absolute Gasteiger partial charge is 0.330 e. The van der Waals surface area contributed by atoms with Crippen LogP contribution in [0.1, 0.15) is 45.4 Å². The van der Waals surface area contributed by atoms with Gasteiger partial charge >= 0.3 is 5.97 Å². The highest BCUT2D eigenvalue weighted by Crippen LogP contribution is 2.06. The number of hydrogen-bond acceptors (Lipinski definition) is 2. The molecule has 0 aromatic rings. The van der Waals surface area contributed by atoms with E-state index in [1.54, 1.807) is 0 Å². The normalized spacial score (nSPS) is 11.1. The van der Waals surface area contributed by atoms with Gasteiger partial charge < -0.3 is 4.74 Å². The Morgan fingerprint density at radius 1 is 1.12 bits per heavy atom. The lowest BCUT2D eigenvalue weighted by atomic mass is 10.1. The van der Waals surface area contributed by atoms with E-state index in [0.717, 1.165) is 19.3 Å². The highest BCUT2D eigenvalue weighted by Gasteiger charge is 1.94. The summed E-state index contributed by atoms with van der Waals surface area (Å²) in [6.07, 6.45) is 16.5. The Kier molecular flexibility index (Phi) is 11.8. The van der Waals surface area contributed by atoms with E-state index in [4.69, 9.17) is 4.74 Å². The molecule has 0 aromatic carbocycles. The minimum atomic E-state index is -0.320. The Hall–Kier alpha value is -1.31. The van der Waals surface area contributed by atoms with Crippen molar-refractivity contribution in [1.82, 2.24) is 0 Å². The first-order valence-electron chi connectivity index (χ1n) is 6.38. The van der Waals surface area contributed by atoms with Crippen LogP contribution in [0.5, 0.6) is 0 Å². The fourth-order valence-electron chi connectivity index (χ4n) is 1.41. The Labute approximate surface area is 105 Å². The van der Waals surface area contributed by atoms with Gasteiger partial charge in [0.2, 0.25) is 0 Å². The van der Waals surface area contributed by atoms with E-state index in [-0.39, 0.29) is 5.97 Å². The SMILES string of the molecule is C=CC(=O)OCCCCCCC/C=C/C=C/C. The first kappa shape index (κ1) is 15.7. The molecule has 0 N–H and O–H groups in total. The fourth-order valence-corrected chi connectivity index (χ4v) is 1.41. The number of carbonyl (C=O) groups is 1. The number of esters is 1. The topological polar surface area (TPSA) is 26.3 Å². The van der Waals surface area contributed by atoms with Gasteiger partial charge in [-0.2, -0.15) is 0 Å². The van der Waals surface area contributed by atoms with E-state index < -0.39 is 0 Å². The van der Waals surface area contributed by atoms with E-state index in [9.17, 15) is 4.79 Å². The van der Waals surface area contributed by atoms with E-state index in [0.29, 0.717) is 6.61 Å². The Morgan fingerprint density at radius 3 is 2.53 bits per heavy atom. The Bertz CT molecular complexity index is 252. The standard InChI is InChI=1S/C15H24O2/c1-3-5-6-7-8-9-10-11-12-13-14-17-15(16)4-2/h3-7H,2,8-14H2,1H3/b5-3+,7-6+. The molecule has 0 spiro atoms. The van der Waals surface area contributed by atoms with Crippen molar-refractivity contribution in [3.63, 3.8) is 0 Å². The second-order valence-electron chi connectivity index (χ2n) is 3.88. The van der Waals surface area contributed by atoms with Crippen LogP contribution in [0.4, 0.5) is 0 Å². The highest BCUT2D eigenvalue weighted by atomic mass is 16.5. The molecule has 2 heteroatoms. The van der Waals surface area contributed by atoms with Crippen LogP contribution in [0.3, 0.4) is 0 Å². The molecule has 0 bridgehead atoms. The molecule has 0 aromatic heterocycles. The zero-order chi connectivity index (χ0) is 12.8. The number of unbranched alkanes of at least 4 members (excludes halogenated alkanes) is 5. The van der Waals surface area contributed by atoms with Crippen molar-refractivity contribution in [1.29, 1.82) is 0 Å². The van der Waals surface area contributed by atoms with Crippen LogP contribution in [0, 0.1) is 0 Å². The summed E-state index contributed by atoms with van der Waals surface area (Å²) in [7, 11) is 0. The third-order valence-electron chi connectivity index (χ3n) is 2.37. The van der Waals surface area contributed by atoms with Crippen LogP contribution in [-0.2, 0) is 9.53 Å². The molecular weight excluding hydrogens is 212 g/mol. The summed E-state index contributed by atoms with van der Waals surface area (Å²) >= 11 is 0. The minimum Gasteiger partial charge on any atom is -0.463 e. The molecular formula is C15H24O2. The third-order valence-corrected chi connectivity index (χ3v) is 2.37. The van der Waals surface area contributed by atoms with Gasteiger partial charge in [0.15, 0.2) is 0 Å². The first-order chi connectivity index (χ1) is 8.31. The molecule has 0 fully saturated rings. The summed E-state index contributed by atoms with van der Waals surface area (Å²) < 4.78 is 4.89. The molecule has 0 aliphatic heterocycles. The maximum atomic E-state index is 10.7. The average Bonchev–Trinajstić information content (AvgIpc) is 2.35. The van der Waals surface area contributed by atoms with E-state index in [1.165, 1.54) is 25.3 Å². The zero-order valence-electron chi connectivity index (χ0n) is 10.9. The van der Waals surface area contributed by atoms with Crippen LogP contribution >= 0.6 is 0 Å². The van der Waals surface area contributed by atoms with Crippen LogP contribution in [-0.4, -0.2) is 12.6 Å². The second kappa shape index (κ2) is 12.8. The van der Waals surface area contributed by atoms with Crippen molar-refractivity contribution in [3.05, 3.63) is 37.0 Å². The Balaban J connectivity index is 3.13. The molecule has 0 amide bonds. The molecule has 0 aliphatic rings. The lowest BCUT2D eigenvalue weighted by molar-refractivity contribution is -0.137. The maximum Gasteiger partial charge on any atom is 0.330 e. The fraction of sp³-hybridized carbons (Fsp3) is 0.533. The molecule has 0 saturated heterocycles. The van der Waals surface area contributed by atoms with E-state index in [1.807, 2.05) is 19.1 Å². The van der Waals surface area contributed by atoms with E-state index >= 15 is 0 Å². The highest BCUT2D eigenvalue weighted by molar-refractivity contribution is 5.81.